The van der Waals surface area contributed by atoms with Gasteiger partial charge in [-0.3, -0.25) is 0 Å². The summed E-state index contributed by atoms with van der Waals surface area (Å²) in [6, 6.07) is 3.81. The van der Waals surface area contributed by atoms with E-state index in [1.54, 1.807) is 17.4 Å². The summed E-state index contributed by atoms with van der Waals surface area (Å²) in [6.07, 6.45) is 0.712. The van der Waals surface area contributed by atoms with Crippen molar-refractivity contribution < 1.29 is 8.78 Å². The maximum atomic E-state index is 13.6. The fraction of sp³-hybridized carbons (Fsp3) is 0.286. The molecule has 20 heavy (non-hydrogen) atoms. The number of hydrogen-bond acceptors (Lipinski definition) is 4. The highest BCUT2D eigenvalue weighted by Gasteiger charge is 2.10. The van der Waals surface area contributed by atoms with E-state index in [4.69, 9.17) is 5.26 Å². The number of nitriles is 1. The summed E-state index contributed by atoms with van der Waals surface area (Å²) in [6.45, 7) is 2.61. The first-order valence-corrected chi connectivity index (χ1v) is 6.98. The van der Waals surface area contributed by atoms with Crippen molar-refractivity contribution in [2.75, 3.05) is 6.54 Å². The molecule has 2 rings (SSSR count). The first kappa shape index (κ1) is 14.6. The standard InChI is InChI=1S/C14H13F2N3S/c1-9-19-11(8-20-9)2-3-18-7-12-13(15)4-10(6-17)5-14(12)16/h4-5,8,18H,2-3,7H2,1H3. The molecule has 0 atom stereocenters. The zero-order valence-corrected chi connectivity index (χ0v) is 11.7. The highest BCUT2D eigenvalue weighted by molar-refractivity contribution is 7.09. The van der Waals surface area contributed by atoms with Crippen molar-refractivity contribution in [3.8, 4) is 6.07 Å². The van der Waals surface area contributed by atoms with Gasteiger partial charge >= 0.3 is 0 Å². The van der Waals surface area contributed by atoms with Crippen LogP contribution in [-0.2, 0) is 13.0 Å². The molecule has 0 unspecified atom stereocenters. The lowest BCUT2D eigenvalue weighted by Crippen LogP contribution is -2.18. The molecule has 0 aliphatic carbocycles. The van der Waals surface area contributed by atoms with E-state index in [0.717, 1.165) is 22.8 Å². The van der Waals surface area contributed by atoms with Crippen LogP contribution in [0.25, 0.3) is 0 Å². The van der Waals surface area contributed by atoms with Gasteiger partial charge in [-0.25, -0.2) is 13.8 Å². The van der Waals surface area contributed by atoms with Crippen molar-refractivity contribution in [2.24, 2.45) is 0 Å². The van der Waals surface area contributed by atoms with Crippen LogP contribution in [0, 0.1) is 29.9 Å². The summed E-state index contributed by atoms with van der Waals surface area (Å²) in [7, 11) is 0. The molecular weight excluding hydrogens is 280 g/mol. The van der Waals surface area contributed by atoms with Crippen molar-refractivity contribution in [3.05, 3.63) is 51.0 Å². The molecule has 1 heterocycles. The molecule has 104 valence electrons. The van der Waals surface area contributed by atoms with Crippen LogP contribution in [-0.4, -0.2) is 11.5 Å². The minimum atomic E-state index is -0.696. The molecule has 0 bridgehead atoms. The van der Waals surface area contributed by atoms with Gasteiger partial charge in [0.05, 0.1) is 22.3 Å². The van der Waals surface area contributed by atoms with Crippen LogP contribution in [0.1, 0.15) is 21.8 Å². The quantitative estimate of drug-likeness (QED) is 0.862. The lowest BCUT2D eigenvalue weighted by Gasteiger charge is -2.07. The Morgan fingerprint density at radius 2 is 2.05 bits per heavy atom. The van der Waals surface area contributed by atoms with Gasteiger partial charge < -0.3 is 5.32 Å². The van der Waals surface area contributed by atoms with E-state index in [2.05, 4.69) is 10.3 Å². The fourth-order valence-electron chi connectivity index (χ4n) is 1.79. The molecule has 0 spiro atoms. The average Bonchev–Trinajstić information content (AvgIpc) is 2.82. The van der Waals surface area contributed by atoms with Crippen LogP contribution in [0.4, 0.5) is 8.78 Å². The Morgan fingerprint density at radius 3 is 2.60 bits per heavy atom. The van der Waals surface area contributed by atoms with Gasteiger partial charge in [0.2, 0.25) is 0 Å². The van der Waals surface area contributed by atoms with E-state index in [9.17, 15) is 8.78 Å². The van der Waals surface area contributed by atoms with Crippen LogP contribution in [0.5, 0.6) is 0 Å². The minimum Gasteiger partial charge on any atom is -0.312 e. The van der Waals surface area contributed by atoms with Gasteiger partial charge in [-0.2, -0.15) is 5.26 Å². The predicted octanol–water partition coefficient (Wildman–Crippen LogP) is 2.93. The molecule has 1 aromatic heterocycles. The smallest absolute Gasteiger partial charge is 0.131 e. The Kier molecular flexibility index (Phi) is 4.77. The second-order valence-corrected chi connectivity index (χ2v) is 5.38. The Labute approximate surface area is 119 Å². The summed E-state index contributed by atoms with van der Waals surface area (Å²) in [5, 5.41) is 14.6. The third-order valence-electron chi connectivity index (χ3n) is 2.80. The van der Waals surface area contributed by atoms with E-state index < -0.39 is 11.6 Å². The number of aryl methyl sites for hydroxylation is 1. The first-order valence-electron chi connectivity index (χ1n) is 6.10. The van der Waals surface area contributed by atoms with Crippen LogP contribution in [0.3, 0.4) is 0 Å². The van der Waals surface area contributed by atoms with Crippen LogP contribution in [0.15, 0.2) is 17.5 Å². The van der Waals surface area contributed by atoms with Crippen molar-refractivity contribution in [2.45, 2.75) is 19.9 Å². The predicted molar refractivity (Wildman–Crippen MR) is 73.3 cm³/mol. The van der Waals surface area contributed by atoms with Crippen molar-refractivity contribution in [3.63, 3.8) is 0 Å². The van der Waals surface area contributed by atoms with E-state index in [1.807, 2.05) is 12.3 Å². The van der Waals surface area contributed by atoms with E-state index in [-0.39, 0.29) is 17.7 Å². The Morgan fingerprint density at radius 1 is 1.35 bits per heavy atom. The monoisotopic (exact) mass is 293 g/mol. The highest BCUT2D eigenvalue weighted by Crippen LogP contribution is 2.15. The normalized spacial score (nSPS) is 10.5. The number of nitrogens with zero attached hydrogens (tertiary/aromatic N) is 2. The summed E-state index contributed by atoms with van der Waals surface area (Å²) < 4.78 is 27.2. The molecular formula is C14H13F2N3S. The van der Waals surface area contributed by atoms with E-state index in [1.165, 1.54) is 0 Å². The SMILES string of the molecule is Cc1nc(CCNCc2c(F)cc(C#N)cc2F)cs1. The number of nitrogens with one attached hydrogen (secondary N) is 1. The fourth-order valence-corrected chi connectivity index (χ4v) is 2.44. The van der Waals surface area contributed by atoms with Gasteiger partial charge in [-0.05, 0) is 19.1 Å². The number of rotatable bonds is 5. The summed E-state index contributed by atoms with van der Waals surface area (Å²) in [5.74, 6) is -1.39. The van der Waals surface area contributed by atoms with Crippen molar-refractivity contribution in [1.29, 1.82) is 5.26 Å². The topological polar surface area (TPSA) is 48.7 Å². The molecule has 0 aliphatic heterocycles. The van der Waals surface area contributed by atoms with Crippen molar-refractivity contribution in [1.82, 2.24) is 10.3 Å². The largest absolute Gasteiger partial charge is 0.312 e. The lowest BCUT2D eigenvalue weighted by atomic mass is 10.1. The van der Waals surface area contributed by atoms with Crippen molar-refractivity contribution >= 4 is 11.3 Å². The molecule has 3 nitrogen and oxygen atoms in total. The summed E-state index contributed by atoms with van der Waals surface area (Å²) in [4.78, 5) is 4.31. The van der Waals surface area contributed by atoms with Crippen LogP contribution < -0.4 is 5.32 Å². The second kappa shape index (κ2) is 6.55. The van der Waals surface area contributed by atoms with E-state index in [0.29, 0.717) is 13.0 Å². The molecule has 6 heteroatoms. The highest BCUT2D eigenvalue weighted by atomic mass is 32.1. The molecule has 0 fully saturated rings. The molecule has 0 saturated heterocycles. The van der Waals surface area contributed by atoms with E-state index >= 15 is 0 Å². The number of benzene rings is 1. The van der Waals surface area contributed by atoms with Gasteiger partial charge in [0.1, 0.15) is 11.6 Å². The molecule has 1 N–H and O–H groups in total. The van der Waals surface area contributed by atoms with Gasteiger partial charge in [-0.15, -0.1) is 11.3 Å². The molecule has 0 radical (unpaired) electrons. The maximum absolute atomic E-state index is 13.6. The summed E-state index contributed by atoms with van der Waals surface area (Å²) >= 11 is 1.58. The molecule has 0 aliphatic rings. The lowest BCUT2D eigenvalue weighted by molar-refractivity contribution is 0.535. The zero-order valence-electron chi connectivity index (χ0n) is 10.9. The third-order valence-corrected chi connectivity index (χ3v) is 3.62. The zero-order chi connectivity index (χ0) is 14.5. The number of aromatic nitrogens is 1. The van der Waals surface area contributed by atoms with Gasteiger partial charge in [-0.1, -0.05) is 0 Å². The Hall–Kier alpha value is -1.84. The molecule has 0 saturated carbocycles. The molecule has 0 amide bonds. The second-order valence-electron chi connectivity index (χ2n) is 4.31. The molecule has 1 aromatic carbocycles. The molecule has 2 aromatic rings. The third kappa shape index (κ3) is 3.59. The minimum absolute atomic E-state index is 0.0123. The van der Waals surface area contributed by atoms with Crippen LogP contribution >= 0.6 is 11.3 Å². The van der Waals surface area contributed by atoms with Gasteiger partial charge in [0.15, 0.2) is 0 Å². The average molecular weight is 293 g/mol. The maximum Gasteiger partial charge on any atom is 0.131 e. The number of hydrogen-bond donors (Lipinski definition) is 1. The Bertz CT molecular complexity index is 623. The van der Waals surface area contributed by atoms with Gasteiger partial charge in [0, 0.05) is 30.5 Å². The number of halogens is 2. The summed E-state index contributed by atoms with van der Waals surface area (Å²) in [5.41, 5.74) is 0.918. The van der Waals surface area contributed by atoms with Gasteiger partial charge in [0.25, 0.3) is 0 Å². The first-order chi connectivity index (χ1) is 9.60. The van der Waals surface area contributed by atoms with Crippen LogP contribution in [0.2, 0.25) is 0 Å². The Balaban J connectivity index is 1.90. The number of thiazole rings is 1.